The molecule has 186 valence electrons. The van der Waals surface area contributed by atoms with Crippen molar-refractivity contribution in [2.75, 3.05) is 0 Å². The molecule has 1 aliphatic heterocycles. The van der Waals surface area contributed by atoms with Gasteiger partial charge in [-0.1, -0.05) is 75.1 Å². The van der Waals surface area contributed by atoms with E-state index in [9.17, 15) is 0 Å². The van der Waals surface area contributed by atoms with Crippen LogP contribution in [0.2, 0.25) is 0 Å². The zero-order chi connectivity index (χ0) is 25.4. The molecule has 7 rings (SSSR count). The molecule has 0 N–H and O–H groups in total. The molecule has 2 heteroatoms. The fourth-order valence-corrected chi connectivity index (χ4v) is 7.19. The van der Waals surface area contributed by atoms with E-state index in [-0.39, 0.29) is 0 Å². The molecule has 2 nitrogen and oxygen atoms in total. The minimum atomic E-state index is 0.351. The molecule has 0 atom stereocenters. The van der Waals surface area contributed by atoms with E-state index in [1.165, 1.54) is 97.9 Å². The lowest BCUT2D eigenvalue weighted by Crippen LogP contribution is -2.32. The van der Waals surface area contributed by atoms with E-state index in [1.54, 1.807) is 0 Å². The molecule has 1 saturated carbocycles. The van der Waals surface area contributed by atoms with Gasteiger partial charge in [-0.2, -0.15) is 0 Å². The Bertz CT molecular complexity index is 1740. The normalized spacial score (nSPS) is 15.5. The number of aryl methyl sites for hydroxylation is 3. The zero-order valence-electron chi connectivity index (χ0n) is 22.7. The van der Waals surface area contributed by atoms with E-state index < -0.39 is 0 Å². The summed E-state index contributed by atoms with van der Waals surface area (Å²) >= 11 is 0. The summed E-state index contributed by atoms with van der Waals surface area (Å²) in [5.74, 6) is 3.09. The summed E-state index contributed by atoms with van der Waals surface area (Å²) in [7, 11) is 2.18. The average molecular weight is 487 g/mol. The molecule has 0 radical (unpaired) electrons. The maximum atomic E-state index is 7.00. The van der Waals surface area contributed by atoms with Crippen LogP contribution < -0.4 is 9.30 Å². The number of ether oxygens (including phenoxy) is 1. The van der Waals surface area contributed by atoms with Gasteiger partial charge < -0.3 is 4.74 Å². The summed E-state index contributed by atoms with van der Waals surface area (Å²) in [5.41, 5.74) is 7.94. The van der Waals surface area contributed by atoms with Crippen molar-refractivity contribution in [3.05, 3.63) is 77.0 Å². The Morgan fingerprint density at radius 2 is 1.62 bits per heavy atom. The Labute approximate surface area is 219 Å². The zero-order valence-corrected chi connectivity index (χ0v) is 22.7. The Balaban J connectivity index is 1.56. The van der Waals surface area contributed by atoms with Gasteiger partial charge in [0.2, 0.25) is 5.69 Å². The van der Waals surface area contributed by atoms with Crippen molar-refractivity contribution in [1.82, 2.24) is 0 Å². The number of benzene rings is 4. The number of pyridine rings is 1. The summed E-state index contributed by atoms with van der Waals surface area (Å²) < 4.78 is 9.30. The predicted octanol–water partition coefficient (Wildman–Crippen LogP) is 9.53. The molecule has 4 aromatic carbocycles. The van der Waals surface area contributed by atoms with Crippen LogP contribution in [0.5, 0.6) is 11.5 Å². The molecule has 0 bridgehead atoms. The van der Waals surface area contributed by atoms with Crippen LogP contribution in [0, 0.1) is 13.8 Å². The predicted molar refractivity (Wildman–Crippen MR) is 155 cm³/mol. The van der Waals surface area contributed by atoms with Crippen LogP contribution in [0.4, 0.5) is 0 Å². The second kappa shape index (κ2) is 8.31. The van der Waals surface area contributed by atoms with Crippen molar-refractivity contribution in [3.8, 4) is 22.8 Å². The first-order valence-electron chi connectivity index (χ1n) is 14.1. The fraction of sp³-hybridized carbons (Fsp3) is 0.343. The van der Waals surface area contributed by atoms with Crippen molar-refractivity contribution in [3.63, 3.8) is 0 Å². The van der Waals surface area contributed by atoms with Crippen LogP contribution in [0.3, 0.4) is 0 Å². The average Bonchev–Trinajstić information content (AvgIpc) is 2.90. The summed E-state index contributed by atoms with van der Waals surface area (Å²) in [6.07, 6.45) is 8.98. The number of nitrogens with zero attached hydrogens (tertiary/aromatic N) is 1. The van der Waals surface area contributed by atoms with E-state index in [1.807, 2.05) is 0 Å². The van der Waals surface area contributed by atoms with E-state index in [0.717, 1.165) is 11.5 Å². The monoisotopic (exact) mass is 486 g/mol. The maximum Gasteiger partial charge on any atom is 0.228 e. The molecule has 37 heavy (non-hydrogen) atoms. The maximum absolute atomic E-state index is 7.00. The van der Waals surface area contributed by atoms with Gasteiger partial charge in [-0.05, 0) is 77.3 Å². The second-order valence-corrected chi connectivity index (χ2v) is 11.8. The molecule has 5 aromatic rings. The fourth-order valence-electron chi connectivity index (χ4n) is 7.19. The molecular formula is C35H36NO+. The third-order valence-electron chi connectivity index (χ3n) is 9.04. The molecule has 2 aliphatic rings. The highest BCUT2D eigenvalue weighted by Gasteiger charge is 2.34. The Morgan fingerprint density at radius 3 is 2.41 bits per heavy atom. The highest BCUT2D eigenvalue weighted by atomic mass is 16.5. The van der Waals surface area contributed by atoms with Gasteiger partial charge >= 0.3 is 0 Å². The molecule has 2 heterocycles. The third kappa shape index (κ3) is 3.34. The molecule has 0 saturated heterocycles. The minimum Gasteiger partial charge on any atom is -0.455 e. The number of hydrogen-bond donors (Lipinski definition) is 0. The lowest BCUT2D eigenvalue weighted by atomic mass is 9.82. The van der Waals surface area contributed by atoms with Gasteiger partial charge in [0.25, 0.3) is 0 Å². The molecule has 1 aliphatic carbocycles. The van der Waals surface area contributed by atoms with E-state index >= 15 is 0 Å². The SMILES string of the molecule is Cc1ccc2c(C(C)C)c3c(c(C)c2c1)-c1c2c(cc4cc(C5CCCCC5)ccc4c2cc[n+]1C)O3. The second-order valence-electron chi connectivity index (χ2n) is 11.8. The van der Waals surface area contributed by atoms with Gasteiger partial charge in [0.15, 0.2) is 6.20 Å². The van der Waals surface area contributed by atoms with Gasteiger partial charge in [0.1, 0.15) is 18.5 Å². The lowest BCUT2D eigenvalue weighted by Gasteiger charge is -2.27. The van der Waals surface area contributed by atoms with Crippen molar-refractivity contribution in [2.24, 2.45) is 7.05 Å². The highest BCUT2D eigenvalue weighted by molar-refractivity contribution is 6.16. The Kier molecular flexibility index (Phi) is 5.12. The van der Waals surface area contributed by atoms with Gasteiger partial charge in [-0.3, -0.25) is 0 Å². The minimum absolute atomic E-state index is 0.351. The highest BCUT2D eigenvalue weighted by Crippen LogP contribution is 2.53. The number of aromatic nitrogens is 1. The first kappa shape index (κ1) is 22.8. The van der Waals surface area contributed by atoms with Crippen LogP contribution >= 0.6 is 0 Å². The van der Waals surface area contributed by atoms with Gasteiger partial charge in [-0.15, -0.1) is 0 Å². The molecule has 0 amide bonds. The standard InChI is InChI=1S/C35H36NO/c1-20(2)31-27-13-11-21(3)17-29(27)22(4)32-34-33-28(15-16-36(34)5)26-14-12-24(23-9-7-6-8-10-23)18-25(26)19-30(33)37-35(31)32/h11-20,23H,6-10H2,1-5H3/q+1. The Morgan fingerprint density at radius 1 is 0.838 bits per heavy atom. The van der Waals surface area contributed by atoms with E-state index in [4.69, 9.17) is 4.74 Å². The number of fused-ring (bicyclic) bond motifs is 5. The van der Waals surface area contributed by atoms with Crippen LogP contribution in [-0.4, -0.2) is 0 Å². The van der Waals surface area contributed by atoms with Gasteiger partial charge in [0, 0.05) is 17.0 Å². The van der Waals surface area contributed by atoms with Crippen molar-refractivity contribution in [2.45, 2.75) is 71.6 Å². The molecular weight excluding hydrogens is 450 g/mol. The quantitative estimate of drug-likeness (QED) is 0.175. The largest absolute Gasteiger partial charge is 0.455 e. The molecule has 0 unspecified atom stereocenters. The van der Waals surface area contributed by atoms with Crippen LogP contribution in [0.25, 0.3) is 43.6 Å². The number of rotatable bonds is 2. The summed E-state index contributed by atoms with van der Waals surface area (Å²) in [5, 5.41) is 7.80. The molecule has 0 spiro atoms. The summed E-state index contributed by atoms with van der Waals surface area (Å²) in [4.78, 5) is 0. The van der Waals surface area contributed by atoms with Crippen molar-refractivity contribution in [1.29, 1.82) is 0 Å². The molecule has 1 fully saturated rings. The first-order valence-corrected chi connectivity index (χ1v) is 14.1. The first-order chi connectivity index (χ1) is 17.9. The van der Waals surface area contributed by atoms with Crippen molar-refractivity contribution < 1.29 is 9.30 Å². The lowest BCUT2D eigenvalue weighted by molar-refractivity contribution is -0.659. The van der Waals surface area contributed by atoms with E-state index in [0.29, 0.717) is 11.8 Å². The summed E-state index contributed by atoms with van der Waals surface area (Å²) in [6.45, 7) is 9.05. The van der Waals surface area contributed by atoms with Crippen LogP contribution in [-0.2, 0) is 7.05 Å². The molecule has 1 aromatic heterocycles. The third-order valence-corrected chi connectivity index (χ3v) is 9.04. The van der Waals surface area contributed by atoms with Gasteiger partial charge in [-0.25, -0.2) is 4.57 Å². The van der Waals surface area contributed by atoms with Crippen LogP contribution in [0.15, 0.2) is 54.7 Å². The smallest absolute Gasteiger partial charge is 0.228 e. The number of hydrogen-bond acceptors (Lipinski definition) is 1. The summed E-state index contributed by atoms with van der Waals surface area (Å²) in [6, 6.07) is 18.7. The topological polar surface area (TPSA) is 13.1 Å². The Hall–Kier alpha value is -3.39. The van der Waals surface area contributed by atoms with Gasteiger partial charge in [0.05, 0.1) is 10.9 Å². The van der Waals surface area contributed by atoms with E-state index in [2.05, 4.69) is 94.0 Å². The van der Waals surface area contributed by atoms with Crippen molar-refractivity contribution >= 4 is 32.3 Å². The van der Waals surface area contributed by atoms with Crippen LogP contribution in [0.1, 0.15) is 80.0 Å².